The van der Waals surface area contributed by atoms with Crippen LogP contribution in [0.5, 0.6) is 11.5 Å². The van der Waals surface area contributed by atoms with E-state index >= 15 is 0 Å². The van der Waals surface area contributed by atoms with E-state index in [1.807, 2.05) is 6.92 Å². The third-order valence-electron chi connectivity index (χ3n) is 5.48. The van der Waals surface area contributed by atoms with E-state index in [4.69, 9.17) is 4.74 Å². The monoisotopic (exact) mass is 322 g/mol. The van der Waals surface area contributed by atoms with Gasteiger partial charge in [0.05, 0.1) is 16.7 Å². The van der Waals surface area contributed by atoms with E-state index in [-0.39, 0.29) is 45.5 Å². The van der Waals surface area contributed by atoms with Gasteiger partial charge in [0.1, 0.15) is 17.6 Å². The second-order valence-electron chi connectivity index (χ2n) is 6.85. The zero-order valence-corrected chi connectivity index (χ0v) is 12.9. The van der Waals surface area contributed by atoms with Crippen LogP contribution in [0.4, 0.5) is 0 Å². The third kappa shape index (κ3) is 1.43. The van der Waals surface area contributed by atoms with E-state index in [9.17, 15) is 19.8 Å². The highest BCUT2D eigenvalue weighted by Gasteiger charge is 2.58. The number of fused-ring (bicyclic) bond motifs is 5. The number of aromatic hydroxyl groups is 2. The van der Waals surface area contributed by atoms with E-state index in [1.54, 1.807) is 24.3 Å². The fraction of sp³-hybridized carbons (Fsp3) is 0.263. The van der Waals surface area contributed by atoms with Gasteiger partial charge in [0.25, 0.3) is 0 Å². The molecule has 3 aliphatic rings. The summed E-state index contributed by atoms with van der Waals surface area (Å²) in [5.74, 6) is -1.29. The number of phenolic OH excluding ortho intramolecular Hbond substituents is 2. The molecule has 2 aromatic carbocycles. The molecular weight excluding hydrogens is 308 g/mol. The maximum Gasteiger partial charge on any atom is 0.198 e. The highest BCUT2D eigenvalue weighted by molar-refractivity contribution is 6.30. The van der Waals surface area contributed by atoms with E-state index in [2.05, 4.69) is 0 Å². The average molecular weight is 322 g/mol. The van der Waals surface area contributed by atoms with Crippen LogP contribution in [-0.4, -0.2) is 27.4 Å². The lowest BCUT2D eigenvalue weighted by molar-refractivity contribution is 0.0973. The number of benzene rings is 2. The summed E-state index contributed by atoms with van der Waals surface area (Å²) in [6.45, 7) is 1.94. The molecule has 0 unspecified atom stereocenters. The second kappa shape index (κ2) is 4.05. The summed E-state index contributed by atoms with van der Waals surface area (Å²) in [7, 11) is 0. The Balaban J connectivity index is 1.85. The minimum atomic E-state index is -0.441. The summed E-state index contributed by atoms with van der Waals surface area (Å²) >= 11 is 0. The Bertz CT molecular complexity index is 974. The molecule has 5 heteroatoms. The van der Waals surface area contributed by atoms with Gasteiger partial charge in [-0.15, -0.1) is 0 Å². The lowest BCUT2D eigenvalue weighted by Crippen LogP contribution is -2.24. The minimum Gasteiger partial charge on any atom is -0.507 e. The van der Waals surface area contributed by atoms with Crippen molar-refractivity contribution in [3.8, 4) is 11.5 Å². The van der Waals surface area contributed by atoms with Crippen LogP contribution in [-0.2, 0) is 11.2 Å². The Hall–Kier alpha value is -2.66. The van der Waals surface area contributed by atoms with Crippen molar-refractivity contribution in [3.63, 3.8) is 0 Å². The molecule has 0 bridgehead atoms. The van der Waals surface area contributed by atoms with Gasteiger partial charge in [-0.3, -0.25) is 9.59 Å². The summed E-state index contributed by atoms with van der Waals surface area (Å²) in [6, 6.07) is 6.47. The maximum atomic E-state index is 12.8. The number of hydrogen-bond donors (Lipinski definition) is 2. The first-order valence-electron chi connectivity index (χ1n) is 7.91. The van der Waals surface area contributed by atoms with Crippen molar-refractivity contribution in [3.05, 3.63) is 57.6 Å². The van der Waals surface area contributed by atoms with Gasteiger partial charge in [0, 0.05) is 22.3 Å². The van der Waals surface area contributed by atoms with Crippen LogP contribution in [0.2, 0.25) is 0 Å². The normalized spacial score (nSPS) is 26.3. The molecule has 2 N–H and O–H groups in total. The van der Waals surface area contributed by atoms with Crippen molar-refractivity contribution in [1.82, 2.24) is 0 Å². The topological polar surface area (TPSA) is 87.1 Å². The van der Waals surface area contributed by atoms with E-state index in [0.29, 0.717) is 24.0 Å². The lowest BCUT2D eigenvalue weighted by Gasteiger charge is -2.26. The Morgan fingerprint density at radius 2 is 1.62 bits per heavy atom. The highest BCUT2D eigenvalue weighted by Crippen LogP contribution is 2.61. The van der Waals surface area contributed by atoms with Crippen molar-refractivity contribution >= 4 is 11.6 Å². The molecular formula is C19H14O5. The largest absolute Gasteiger partial charge is 0.507 e. The first-order chi connectivity index (χ1) is 11.4. The van der Waals surface area contributed by atoms with Gasteiger partial charge in [-0.2, -0.15) is 0 Å². The summed E-state index contributed by atoms with van der Waals surface area (Å²) in [5, 5.41) is 21.5. The van der Waals surface area contributed by atoms with Gasteiger partial charge in [0.15, 0.2) is 11.6 Å². The van der Waals surface area contributed by atoms with Gasteiger partial charge in [-0.05, 0) is 19.8 Å². The van der Waals surface area contributed by atoms with Gasteiger partial charge in [0.2, 0.25) is 0 Å². The van der Waals surface area contributed by atoms with Gasteiger partial charge >= 0.3 is 0 Å². The number of hydrogen-bond acceptors (Lipinski definition) is 5. The standard InChI is InChI=1S/C19H14O5/c1-19-7-6-10-11(18(19)24-19)17(23)13-12(16(10)22)14(20)8-4-2-3-5-9(8)15(13)21/h2-5,18,22-23H,6-7H2,1H3/t18-,19+/m0/s1. The fourth-order valence-electron chi connectivity index (χ4n) is 4.08. The fourth-order valence-corrected chi connectivity index (χ4v) is 4.08. The van der Waals surface area contributed by atoms with Crippen LogP contribution in [0.25, 0.3) is 0 Å². The van der Waals surface area contributed by atoms with Crippen LogP contribution >= 0.6 is 0 Å². The molecule has 0 radical (unpaired) electrons. The van der Waals surface area contributed by atoms with E-state index in [0.717, 1.165) is 0 Å². The quantitative estimate of drug-likeness (QED) is 0.491. The SMILES string of the molecule is C[C@@]12CCc3c(O)c4c(c(O)c3[C@@H]1O2)C(=O)c1ccccc1C4=O. The average Bonchev–Trinajstić information content (AvgIpc) is 3.27. The molecule has 0 spiro atoms. The van der Waals surface area contributed by atoms with Crippen molar-refractivity contribution in [2.75, 3.05) is 0 Å². The van der Waals surface area contributed by atoms with Gasteiger partial charge < -0.3 is 14.9 Å². The molecule has 1 heterocycles. The summed E-state index contributed by atoms with van der Waals surface area (Å²) < 4.78 is 5.68. The van der Waals surface area contributed by atoms with Crippen LogP contribution < -0.4 is 0 Å². The summed E-state index contributed by atoms with van der Waals surface area (Å²) in [4.78, 5) is 25.7. The zero-order valence-electron chi connectivity index (χ0n) is 12.9. The summed E-state index contributed by atoms with van der Waals surface area (Å²) in [6.07, 6.45) is 0.866. The summed E-state index contributed by atoms with van der Waals surface area (Å²) in [5.41, 5.74) is 0.944. The molecule has 0 aromatic heterocycles. The smallest absolute Gasteiger partial charge is 0.198 e. The Labute approximate surface area is 137 Å². The molecule has 24 heavy (non-hydrogen) atoms. The van der Waals surface area contributed by atoms with Crippen molar-refractivity contribution in [2.24, 2.45) is 0 Å². The number of phenols is 2. The molecule has 2 atom stereocenters. The zero-order chi connectivity index (χ0) is 16.8. The van der Waals surface area contributed by atoms with Crippen LogP contribution in [0.15, 0.2) is 24.3 Å². The molecule has 2 aliphatic carbocycles. The molecule has 5 nitrogen and oxygen atoms in total. The Kier molecular flexibility index (Phi) is 2.32. The van der Waals surface area contributed by atoms with Crippen molar-refractivity contribution in [1.29, 1.82) is 0 Å². The maximum absolute atomic E-state index is 12.8. The number of carbonyl (C=O) groups excluding carboxylic acids is 2. The van der Waals surface area contributed by atoms with Crippen molar-refractivity contribution in [2.45, 2.75) is 31.5 Å². The molecule has 1 saturated heterocycles. The minimum absolute atomic E-state index is 0.0841. The predicted molar refractivity (Wildman–Crippen MR) is 83.6 cm³/mol. The predicted octanol–water partition coefficient (Wildman–Crippen LogP) is 2.65. The molecule has 1 fully saturated rings. The Morgan fingerprint density at radius 1 is 1.04 bits per heavy atom. The van der Waals surface area contributed by atoms with E-state index in [1.165, 1.54) is 0 Å². The first-order valence-corrected chi connectivity index (χ1v) is 7.91. The molecule has 2 aromatic rings. The second-order valence-corrected chi connectivity index (χ2v) is 6.85. The molecule has 1 aliphatic heterocycles. The van der Waals surface area contributed by atoms with Crippen LogP contribution in [0, 0.1) is 0 Å². The number of ketones is 2. The third-order valence-corrected chi connectivity index (χ3v) is 5.48. The van der Waals surface area contributed by atoms with Crippen LogP contribution in [0.3, 0.4) is 0 Å². The first kappa shape index (κ1) is 13.7. The molecule has 5 rings (SSSR count). The van der Waals surface area contributed by atoms with Gasteiger partial charge in [-0.1, -0.05) is 24.3 Å². The highest BCUT2D eigenvalue weighted by atomic mass is 16.6. The Morgan fingerprint density at radius 3 is 2.25 bits per heavy atom. The number of ether oxygens (including phenoxy) is 1. The number of carbonyl (C=O) groups is 2. The van der Waals surface area contributed by atoms with E-state index < -0.39 is 11.6 Å². The lowest BCUT2D eigenvalue weighted by atomic mass is 9.76. The van der Waals surface area contributed by atoms with Crippen molar-refractivity contribution < 1.29 is 24.5 Å². The molecule has 0 amide bonds. The van der Waals surface area contributed by atoms with Crippen LogP contribution in [0.1, 0.15) is 62.4 Å². The number of epoxide rings is 1. The molecule has 120 valence electrons. The van der Waals surface area contributed by atoms with Gasteiger partial charge in [-0.25, -0.2) is 0 Å². The number of rotatable bonds is 0. The molecule has 0 saturated carbocycles.